The van der Waals surface area contributed by atoms with Crippen LogP contribution in [-0.4, -0.2) is 52.3 Å². The maximum absolute atomic E-state index is 13.0. The van der Waals surface area contributed by atoms with Gasteiger partial charge < -0.3 is 0 Å². The molecule has 5 nitrogen and oxygen atoms in total. The fourth-order valence-electron chi connectivity index (χ4n) is 5.54. The number of benzene rings is 1. The van der Waals surface area contributed by atoms with Crippen LogP contribution < -0.4 is 0 Å². The van der Waals surface area contributed by atoms with Crippen LogP contribution in [0.1, 0.15) is 30.5 Å². The molecule has 0 N–H and O–H groups in total. The fourth-order valence-corrected chi connectivity index (χ4v) is 5.54. The second-order valence-electron chi connectivity index (χ2n) is 8.99. The van der Waals surface area contributed by atoms with Crippen LogP contribution in [0.2, 0.25) is 0 Å². The number of nitrogens with zero attached hydrogens (tertiary/aromatic N) is 3. The Hall–Kier alpha value is -3.00. The van der Waals surface area contributed by atoms with Crippen molar-refractivity contribution in [2.75, 3.05) is 13.6 Å². The number of carbonyl (C=O) groups is 2. The number of hydrogen-bond donors (Lipinski definition) is 0. The smallest absolute Gasteiger partial charge is 0.292 e. The number of alkyl halides is 3. The molecular weight excluding hydrogens is 431 g/mol. The topological polar surface area (TPSA) is 53.5 Å². The number of likely N-dealkylation sites (tertiary alicyclic amines) is 1. The average molecular weight is 455 g/mol. The maximum Gasteiger partial charge on any atom is 0.416 e. The minimum Gasteiger partial charge on any atom is -0.292 e. The molecule has 0 bridgehead atoms. The second kappa shape index (κ2) is 8.09. The van der Waals surface area contributed by atoms with Crippen molar-refractivity contribution in [3.8, 4) is 11.1 Å². The lowest BCUT2D eigenvalue weighted by Crippen LogP contribution is -2.45. The van der Waals surface area contributed by atoms with Crippen molar-refractivity contribution in [2.24, 2.45) is 11.8 Å². The van der Waals surface area contributed by atoms with E-state index in [2.05, 4.69) is 9.88 Å². The predicted molar refractivity (Wildman–Crippen MR) is 117 cm³/mol. The van der Waals surface area contributed by atoms with Crippen molar-refractivity contribution in [2.45, 2.75) is 37.5 Å². The molecule has 2 amide bonds. The van der Waals surface area contributed by atoms with E-state index in [1.165, 1.54) is 11.0 Å². The highest BCUT2D eigenvalue weighted by Crippen LogP contribution is 2.46. The van der Waals surface area contributed by atoms with Crippen LogP contribution in [0.4, 0.5) is 13.2 Å². The summed E-state index contributed by atoms with van der Waals surface area (Å²) in [5.41, 5.74) is 0.985. The SMILES string of the molecule is CN1C(=O)C2C(C1=O)C1CCCCN1C2/C=C/c1ccc(-c2cccc(C(F)(F)F)c2)cn1. The summed E-state index contributed by atoms with van der Waals surface area (Å²) < 4.78 is 39.0. The molecule has 1 aromatic carbocycles. The molecule has 172 valence electrons. The first-order valence-electron chi connectivity index (χ1n) is 11.1. The normalized spacial score (nSPS) is 27.9. The van der Waals surface area contributed by atoms with Crippen LogP contribution in [-0.2, 0) is 15.8 Å². The van der Waals surface area contributed by atoms with Gasteiger partial charge in [0.25, 0.3) is 0 Å². The first kappa shape index (κ1) is 21.8. The zero-order valence-electron chi connectivity index (χ0n) is 18.1. The van der Waals surface area contributed by atoms with Crippen LogP contribution in [0.25, 0.3) is 17.2 Å². The van der Waals surface area contributed by atoms with Crippen LogP contribution in [0.15, 0.2) is 48.7 Å². The van der Waals surface area contributed by atoms with Gasteiger partial charge >= 0.3 is 6.18 Å². The van der Waals surface area contributed by atoms with Crippen molar-refractivity contribution >= 4 is 17.9 Å². The number of halogens is 3. The lowest BCUT2D eigenvalue weighted by Gasteiger charge is -2.35. The Balaban J connectivity index is 1.38. The summed E-state index contributed by atoms with van der Waals surface area (Å²) in [6.45, 7) is 0.860. The number of pyridine rings is 1. The predicted octanol–water partition coefficient (Wildman–Crippen LogP) is 4.25. The minimum atomic E-state index is -4.40. The number of piperidine rings is 1. The third-order valence-corrected chi connectivity index (χ3v) is 7.15. The number of aromatic nitrogens is 1. The molecule has 3 aliphatic heterocycles. The van der Waals surface area contributed by atoms with Crippen LogP contribution in [0, 0.1) is 11.8 Å². The van der Waals surface area contributed by atoms with Gasteiger partial charge in [0.15, 0.2) is 0 Å². The quantitative estimate of drug-likeness (QED) is 0.650. The van der Waals surface area contributed by atoms with E-state index in [9.17, 15) is 22.8 Å². The highest BCUT2D eigenvalue weighted by atomic mass is 19.4. The molecular formula is C25H24F3N3O2. The van der Waals surface area contributed by atoms with Crippen LogP contribution in [0.5, 0.6) is 0 Å². The summed E-state index contributed by atoms with van der Waals surface area (Å²) in [6, 6.07) is 8.58. The van der Waals surface area contributed by atoms with E-state index in [1.54, 1.807) is 31.4 Å². The highest BCUT2D eigenvalue weighted by molar-refractivity contribution is 6.06. The van der Waals surface area contributed by atoms with Gasteiger partial charge in [-0.05, 0) is 49.2 Å². The van der Waals surface area contributed by atoms with E-state index in [1.807, 2.05) is 12.2 Å². The Bertz CT molecular complexity index is 1110. The molecule has 0 saturated carbocycles. The lowest BCUT2D eigenvalue weighted by molar-refractivity contribution is -0.140. The monoisotopic (exact) mass is 455 g/mol. The molecule has 1 aromatic heterocycles. The molecule has 4 unspecified atom stereocenters. The van der Waals surface area contributed by atoms with E-state index >= 15 is 0 Å². The minimum absolute atomic E-state index is 0.0821. The third kappa shape index (κ3) is 3.76. The van der Waals surface area contributed by atoms with E-state index in [0.29, 0.717) is 16.8 Å². The Morgan fingerprint density at radius 3 is 2.55 bits per heavy atom. The molecule has 4 atom stereocenters. The first-order chi connectivity index (χ1) is 15.8. The fraction of sp³-hybridized carbons (Fsp3) is 0.400. The van der Waals surface area contributed by atoms with Gasteiger partial charge in [-0.25, -0.2) is 0 Å². The third-order valence-electron chi connectivity index (χ3n) is 7.15. The maximum atomic E-state index is 13.0. The van der Waals surface area contributed by atoms with Gasteiger partial charge in [-0.2, -0.15) is 13.2 Å². The second-order valence-corrected chi connectivity index (χ2v) is 8.99. The summed E-state index contributed by atoms with van der Waals surface area (Å²) in [5, 5.41) is 0. The van der Waals surface area contributed by atoms with E-state index in [0.717, 1.165) is 37.9 Å². The molecule has 5 rings (SSSR count). The number of imide groups is 1. The van der Waals surface area contributed by atoms with E-state index in [-0.39, 0.29) is 35.7 Å². The Kier molecular flexibility index (Phi) is 5.35. The number of rotatable bonds is 3. The molecule has 4 heterocycles. The molecule has 3 saturated heterocycles. The van der Waals surface area contributed by atoms with Gasteiger partial charge in [0.05, 0.1) is 23.1 Å². The standard InChI is InChI=1S/C25H24F3N3O2/c1-30-23(32)21-19-7-2-3-12-31(19)20(22(21)24(30)33)11-10-18-9-8-16(14-29-18)15-5-4-6-17(13-15)25(26,27)28/h4-6,8-11,13-14,19-22H,2-3,7,12H2,1H3/b11-10+. The molecule has 0 spiro atoms. The van der Waals surface area contributed by atoms with Crippen LogP contribution >= 0.6 is 0 Å². The summed E-state index contributed by atoms with van der Waals surface area (Å²) in [6.07, 6.45) is 3.97. The largest absolute Gasteiger partial charge is 0.416 e. The van der Waals surface area contributed by atoms with Gasteiger partial charge in [-0.1, -0.05) is 30.7 Å². The van der Waals surface area contributed by atoms with Crippen molar-refractivity contribution in [3.05, 3.63) is 59.9 Å². The Morgan fingerprint density at radius 1 is 1.03 bits per heavy atom. The van der Waals surface area contributed by atoms with Gasteiger partial charge in [0, 0.05) is 30.9 Å². The van der Waals surface area contributed by atoms with Gasteiger partial charge in [-0.3, -0.25) is 24.4 Å². The molecule has 0 aliphatic carbocycles. The number of hydrogen-bond acceptors (Lipinski definition) is 4. The molecule has 8 heteroatoms. The van der Waals surface area contributed by atoms with Crippen molar-refractivity contribution in [1.29, 1.82) is 0 Å². The van der Waals surface area contributed by atoms with Crippen molar-refractivity contribution < 1.29 is 22.8 Å². The van der Waals surface area contributed by atoms with E-state index in [4.69, 9.17) is 0 Å². The summed E-state index contributed by atoms with van der Waals surface area (Å²) in [5.74, 6) is -0.858. The zero-order chi connectivity index (χ0) is 23.3. The molecule has 3 fully saturated rings. The number of carbonyl (C=O) groups excluding carboxylic acids is 2. The van der Waals surface area contributed by atoms with Crippen molar-refractivity contribution in [3.63, 3.8) is 0 Å². The van der Waals surface area contributed by atoms with Gasteiger partial charge in [0.1, 0.15) is 0 Å². The first-order valence-corrected chi connectivity index (χ1v) is 11.1. The molecule has 3 aliphatic rings. The lowest BCUT2D eigenvalue weighted by atomic mass is 9.87. The van der Waals surface area contributed by atoms with Gasteiger partial charge in [0.2, 0.25) is 11.8 Å². The number of fused-ring (bicyclic) bond motifs is 3. The van der Waals surface area contributed by atoms with E-state index < -0.39 is 11.7 Å². The highest BCUT2D eigenvalue weighted by Gasteiger charge is 2.60. The molecule has 0 radical (unpaired) electrons. The summed E-state index contributed by atoms with van der Waals surface area (Å²) in [7, 11) is 1.56. The summed E-state index contributed by atoms with van der Waals surface area (Å²) >= 11 is 0. The Labute approximate surface area is 189 Å². The molecule has 2 aromatic rings. The van der Waals surface area contributed by atoms with Gasteiger partial charge in [-0.15, -0.1) is 0 Å². The zero-order valence-corrected chi connectivity index (χ0v) is 18.1. The molecule has 33 heavy (non-hydrogen) atoms. The Morgan fingerprint density at radius 2 is 1.82 bits per heavy atom. The summed E-state index contributed by atoms with van der Waals surface area (Å²) in [4.78, 5) is 33.5. The van der Waals surface area contributed by atoms with Crippen LogP contribution in [0.3, 0.4) is 0 Å². The average Bonchev–Trinajstić information content (AvgIpc) is 3.26. The van der Waals surface area contributed by atoms with Crippen molar-refractivity contribution in [1.82, 2.24) is 14.8 Å². The number of amides is 2.